The number of carbonyl (C=O) groups is 1. The summed E-state index contributed by atoms with van der Waals surface area (Å²) in [7, 11) is 0. The third kappa shape index (κ3) is 3.57. The van der Waals surface area contributed by atoms with E-state index in [1.165, 1.54) is 0 Å². The standard InChI is InChI=1S/C21H19N3O2/c22-20(23)16-13-11-15(12-14-16)19(21(25)26)24(17-7-3-1-4-8-17)18-9-5-2-6-10-18/h1-14,19H,(H3,22,23)(H,25,26). The third-order valence-corrected chi connectivity index (χ3v) is 4.10. The number of amidine groups is 1. The van der Waals surface area contributed by atoms with E-state index in [0.717, 1.165) is 11.4 Å². The van der Waals surface area contributed by atoms with E-state index in [0.29, 0.717) is 11.1 Å². The molecule has 0 aliphatic rings. The lowest BCUT2D eigenvalue weighted by Gasteiger charge is -2.31. The maximum Gasteiger partial charge on any atom is 0.331 e. The van der Waals surface area contributed by atoms with Crippen LogP contribution < -0.4 is 10.6 Å². The first kappa shape index (κ1) is 17.2. The van der Waals surface area contributed by atoms with Gasteiger partial charge >= 0.3 is 5.97 Å². The molecule has 26 heavy (non-hydrogen) atoms. The van der Waals surface area contributed by atoms with Crippen molar-refractivity contribution in [3.05, 3.63) is 96.1 Å². The average molecular weight is 345 g/mol. The molecule has 5 nitrogen and oxygen atoms in total. The number of aliphatic carboxylic acids is 1. The Bertz CT molecular complexity index is 854. The van der Waals surface area contributed by atoms with Crippen molar-refractivity contribution in [3.63, 3.8) is 0 Å². The molecule has 0 aromatic heterocycles. The van der Waals surface area contributed by atoms with Crippen LogP contribution in [0.15, 0.2) is 84.9 Å². The van der Waals surface area contributed by atoms with Crippen LogP contribution in [0.1, 0.15) is 17.2 Å². The fourth-order valence-corrected chi connectivity index (χ4v) is 2.87. The molecule has 130 valence electrons. The number of nitrogen functional groups attached to an aromatic ring is 1. The lowest BCUT2D eigenvalue weighted by molar-refractivity contribution is -0.138. The minimum atomic E-state index is -0.965. The van der Waals surface area contributed by atoms with Crippen molar-refractivity contribution in [2.45, 2.75) is 6.04 Å². The fraction of sp³-hybridized carbons (Fsp3) is 0.0476. The van der Waals surface area contributed by atoms with Gasteiger partial charge in [0.15, 0.2) is 6.04 Å². The quantitative estimate of drug-likeness (QED) is 0.466. The van der Waals surface area contributed by atoms with Gasteiger partial charge < -0.3 is 15.7 Å². The van der Waals surface area contributed by atoms with Gasteiger partial charge in [0.1, 0.15) is 5.84 Å². The van der Waals surface area contributed by atoms with Crippen molar-refractivity contribution in [2.75, 3.05) is 4.90 Å². The van der Waals surface area contributed by atoms with Crippen molar-refractivity contribution < 1.29 is 9.90 Å². The number of carboxylic acids is 1. The van der Waals surface area contributed by atoms with E-state index in [1.807, 2.05) is 60.7 Å². The molecule has 0 aliphatic carbocycles. The molecule has 0 spiro atoms. The van der Waals surface area contributed by atoms with Gasteiger partial charge in [-0.2, -0.15) is 0 Å². The van der Waals surface area contributed by atoms with Gasteiger partial charge in [0.25, 0.3) is 0 Å². The molecule has 0 saturated carbocycles. The fourth-order valence-electron chi connectivity index (χ4n) is 2.87. The molecule has 4 N–H and O–H groups in total. The van der Waals surface area contributed by atoms with Crippen molar-refractivity contribution >= 4 is 23.2 Å². The summed E-state index contributed by atoms with van der Waals surface area (Å²) in [6.07, 6.45) is 0. The van der Waals surface area contributed by atoms with Gasteiger partial charge in [-0.15, -0.1) is 0 Å². The summed E-state index contributed by atoms with van der Waals surface area (Å²) < 4.78 is 0. The van der Waals surface area contributed by atoms with Crippen LogP contribution in [0.25, 0.3) is 0 Å². The van der Waals surface area contributed by atoms with Crippen LogP contribution in [-0.4, -0.2) is 16.9 Å². The number of rotatable bonds is 6. The maximum absolute atomic E-state index is 12.2. The molecule has 0 heterocycles. The minimum Gasteiger partial charge on any atom is -0.479 e. The van der Waals surface area contributed by atoms with E-state index in [1.54, 1.807) is 29.2 Å². The summed E-state index contributed by atoms with van der Waals surface area (Å²) in [5.74, 6) is -1.01. The molecule has 3 rings (SSSR count). The predicted molar refractivity (Wildman–Crippen MR) is 103 cm³/mol. The van der Waals surface area contributed by atoms with Crippen molar-refractivity contribution in [2.24, 2.45) is 5.73 Å². The Hall–Kier alpha value is -3.60. The number of hydrogen-bond acceptors (Lipinski definition) is 3. The minimum absolute atomic E-state index is 0.0496. The van der Waals surface area contributed by atoms with Crippen LogP contribution in [0.2, 0.25) is 0 Å². The molecule has 1 unspecified atom stereocenters. The third-order valence-electron chi connectivity index (χ3n) is 4.10. The van der Waals surface area contributed by atoms with Crippen LogP contribution in [0.4, 0.5) is 11.4 Å². The second-order valence-electron chi connectivity index (χ2n) is 5.82. The summed E-state index contributed by atoms with van der Waals surface area (Å²) in [6, 6.07) is 24.7. The van der Waals surface area contributed by atoms with Crippen molar-refractivity contribution in [1.29, 1.82) is 5.41 Å². The normalized spacial score (nSPS) is 11.5. The average Bonchev–Trinajstić information content (AvgIpc) is 2.67. The zero-order valence-electron chi connectivity index (χ0n) is 14.0. The number of hydrogen-bond donors (Lipinski definition) is 3. The molecule has 0 fully saturated rings. The number of carboxylic acid groups (broad SMARTS) is 1. The van der Waals surface area contributed by atoms with E-state index in [2.05, 4.69) is 0 Å². The summed E-state index contributed by atoms with van der Waals surface area (Å²) in [5.41, 5.74) is 8.22. The molecule has 0 saturated heterocycles. The molecule has 0 amide bonds. The monoisotopic (exact) mass is 345 g/mol. The van der Waals surface area contributed by atoms with Gasteiger partial charge in [0, 0.05) is 16.9 Å². The van der Waals surface area contributed by atoms with Crippen LogP contribution in [0.3, 0.4) is 0 Å². The van der Waals surface area contributed by atoms with Gasteiger partial charge in [-0.25, -0.2) is 4.79 Å². The highest BCUT2D eigenvalue weighted by Crippen LogP contribution is 2.35. The van der Waals surface area contributed by atoms with Gasteiger partial charge in [-0.05, 0) is 29.8 Å². The molecule has 3 aromatic carbocycles. The predicted octanol–water partition coefficient (Wildman–Crippen LogP) is 3.93. The molecule has 5 heteroatoms. The van der Waals surface area contributed by atoms with Crippen LogP contribution in [0.5, 0.6) is 0 Å². The molecule has 0 bridgehead atoms. The second kappa shape index (κ2) is 7.53. The Morgan fingerprint density at radius 2 is 1.31 bits per heavy atom. The van der Waals surface area contributed by atoms with E-state index >= 15 is 0 Å². The van der Waals surface area contributed by atoms with Crippen LogP contribution >= 0.6 is 0 Å². The van der Waals surface area contributed by atoms with Crippen LogP contribution in [0, 0.1) is 5.41 Å². The Morgan fingerprint density at radius 3 is 1.69 bits per heavy atom. The second-order valence-corrected chi connectivity index (χ2v) is 5.82. The van der Waals surface area contributed by atoms with E-state index < -0.39 is 12.0 Å². The highest BCUT2D eigenvalue weighted by Gasteiger charge is 2.29. The first-order valence-electron chi connectivity index (χ1n) is 8.14. The lowest BCUT2D eigenvalue weighted by atomic mass is 10.0. The molecule has 1 atom stereocenters. The zero-order valence-corrected chi connectivity index (χ0v) is 14.0. The Kier molecular flexibility index (Phi) is 4.99. The van der Waals surface area contributed by atoms with E-state index in [-0.39, 0.29) is 5.84 Å². The van der Waals surface area contributed by atoms with Crippen molar-refractivity contribution in [3.8, 4) is 0 Å². The Balaban J connectivity index is 2.12. The number of nitrogens with one attached hydrogen (secondary N) is 1. The largest absolute Gasteiger partial charge is 0.479 e. The summed E-state index contributed by atoms with van der Waals surface area (Å²) in [4.78, 5) is 14.0. The number of para-hydroxylation sites is 2. The molecular weight excluding hydrogens is 326 g/mol. The molecule has 0 aliphatic heterocycles. The van der Waals surface area contributed by atoms with Gasteiger partial charge in [-0.3, -0.25) is 5.41 Å². The number of nitrogens with two attached hydrogens (primary N) is 1. The van der Waals surface area contributed by atoms with Gasteiger partial charge in [0.2, 0.25) is 0 Å². The highest BCUT2D eigenvalue weighted by molar-refractivity contribution is 5.95. The lowest BCUT2D eigenvalue weighted by Crippen LogP contribution is -2.30. The van der Waals surface area contributed by atoms with Crippen molar-refractivity contribution in [1.82, 2.24) is 0 Å². The Labute approximate surface area is 151 Å². The zero-order chi connectivity index (χ0) is 18.5. The first-order valence-corrected chi connectivity index (χ1v) is 8.14. The topological polar surface area (TPSA) is 90.4 Å². The van der Waals surface area contributed by atoms with Crippen LogP contribution in [-0.2, 0) is 4.79 Å². The number of anilines is 2. The van der Waals surface area contributed by atoms with Gasteiger partial charge in [-0.1, -0.05) is 60.7 Å². The molecule has 0 radical (unpaired) electrons. The summed E-state index contributed by atoms with van der Waals surface area (Å²) in [5, 5.41) is 17.5. The highest BCUT2D eigenvalue weighted by atomic mass is 16.4. The number of benzene rings is 3. The Morgan fingerprint density at radius 1 is 0.846 bits per heavy atom. The summed E-state index contributed by atoms with van der Waals surface area (Å²) >= 11 is 0. The molecule has 3 aromatic rings. The smallest absolute Gasteiger partial charge is 0.331 e. The van der Waals surface area contributed by atoms with E-state index in [4.69, 9.17) is 11.1 Å². The maximum atomic E-state index is 12.2. The van der Waals surface area contributed by atoms with Gasteiger partial charge in [0.05, 0.1) is 0 Å². The molecular formula is C21H19N3O2. The van der Waals surface area contributed by atoms with E-state index in [9.17, 15) is 9.90 Å². The first-order chi connectivity index (χ1) is 12.6. The SMILES string of the molecule is N=C(N)c1ccc(C(C(=O)O)N(c2ccccc2)c2ccccc2)cc1. The number of nitrogens with zero attached hydrogens (tertiary/aromatic N) is 1. The summed E-state index contributed by atoms with van der Waals surface area (Å²) in [6.45, 7) is 0.